The number of anilines is 1. The highest BCUT2D eigenvalue weighted by atomic mass is 16.1. The maximum absolute atomic E-state index is 13.1. The molecule has 0 spiro atoms. The van der Waals surface area contributed by atoms with Gasteiger partial charge in [-0.05, 0) is 49.7 Å². The van der Waals surface area contributed by atoms with Crippen molar-refractivity contribution in [2.24, 2.45) is 0 Å². The Morgan fingerprint density at radius 1 is 0.926 bits per heavy atom. The minimum absolute atomic E-state index is 0.143. The lowest BCUT2D eigenvalue weighted by Crippen LogP contribution is -2.14. The van der Waals surface area contributed by atoms with E-state index in [9.17, 15) is 4.79 Å². The van der Waals surface area contributed by atoms with Gasteiger partial charge in [0.15, 0.2) is 0 Å². The molecule has 0 bridgehead atoms. The van der Waals surface area contributed by atoms with Crippen LogP contribution in [0.15, 0.2) is 73.1 Å². The summed E-state index contributed by atoms with van der Waals surface area (Å²) in [5.74, 6) is -0.143. The molecule has 2 aromatic heterocycles. The molecule has 2 heterocycles. The van der Waals surface area contributed by atoms with Crippen LogP contribution in [0.1, 0.15) is 21.5 Å². The normalized spacial score (nSPS) is 10.7. The van der Waals surface area contributed by atoms with Crippen molar-refractivity contribution in [3.8, 4) is 11.3 Å². The van der Waals surface area contributed by atoms with Gasteiger partial charge < -0.3 is 5.32 Å². The molecule has 4 rings (SSSR count). The summed E-state index contributed by atoms with van der Waals surface area (Å²) in [6, 6.07) is 19.3. The number of carbonyl (C=O) groups is 1. The van der Waals surface area contributed by atoms with Crippen LogP contribution < -0.4 is 5.32 Å². The lowest BCUT2D eigenvalue weighted by molar-refractivity contribution is 0.102. The zero-order valence-corrected chi connectivity index (χ0v) is 15.2. The fourth-order valence-corrected chi connectivity index (χ4v) is 3.18. The van der Waals surface area contributed by atoms with Gasteiger partial charge in [-0.2, -0.15) is 0 Å². The fraction of sp³-hybridized carbons (Fsp3) is 0.0870. The number of nitrogens with one attached hydrogen (secondary N) is 1. The smallest absolute Gasteiger partial charge is 0.256 e. The Morgan fingerprint density at radius 3 is 2.48 bits per heavy atom. The molecule has 0 fully saturated rings. The second kappa shape index (κ2) is 7.00. The van der Waals surface area contributed by atoms with E-state index in [2.05, 4.69) is 16.4 Å². The van der Waals surface area contributed by atoms with Crippen molar-refractivity contribution < 1.29 is 4.79 Å². The van der Waals surface area contributed by atoms with E-state index >= 15 is 0 Å². The molecule has 0 aliphatic rings. The lowest BCUT2D eigenvalue weighted by Gasteiger charge is -2.12. The van der Waals surface area contributed by atoms with E-state index in [0.717, 1.165) is 33.4 Å². The molecule has 1 N–H and O–H groups in total. The van der Waals surface area contributed by atoms with E-state index in [-0.39, 0.29) is 5.91 Å². The van der Waals surface area contributed by atoms with E-state index in [1.54, 1.807) is 12.4 Å². The van der Waals surface area contributed by atoms with Gasteiger partial charge in [-0.15, -0.1) is 0 Å². The van der Waals surface area contributed by atoms with Crippen LogP contribution in [0.3, 0.4) is 0 Å². The van der Waals surface area contributed by atoms with E-state index in [4.69, 9.17) is 4.98 Å². The number of hydrogen-bond donors (Lipinski definition) is 1. The number of fused-ring (bicyclic) bond motifs is 1. The van der Waals surface area contributed by atoms with Gasteiger partial charge in [0.2, 0.25) is 0 Å². The minimum Gasteiger partial charge on any atom is -0.322 e. The average Bonchev–Trinajstić information content (AvgIpc) is 2.70. The van der Waals surface area contributed by atoms with Crippen molar-refractivity contribution in [2.75, 3.05) is 5.32 Å². The van der Waals surface area contributed by atoms with Gasteiger partial charge in [0.25, 0.3) is 5.91 Å². The first-order valence-electron chi connectivity index (χ1n) is 8.80. The Labute approximate surface area is 157 Å². The third-order valence-electron chi connectivity index (χ3n) is 4.57. The Kier molecular flexibility index (Phi) is 4.38. The molecule has 0 aliphatic carbocycles. The second-order valence-corrected chi connectivity index (χ2v) is 6.58. The molecule has 27 heavy (non-hydrogen) atoms. The Bertz CT molecular complexity index is 1140. The number of aromatic nitrogens is 2. The molecular weight excluding hydrogens is 334 g/mol. The summed E-state index contributed by atoms with van der Waals surface area (Å²) in [6.45, 7) is 4.03. The van der Waals surface area contributed by atoms with Crippen LogP contribution >= 0.6 is 0 Å². The second-order valence-electron chi connectivity index (χ2n) is 6.58. The summed E-state index contributed by atoms with van der Waals surface area (Å²) in [5, 5.41) is 3.88. The van der Waals surface area contributed by atoms with E-state index in [1.807, 2.05) is 68.4 Å². The van der Waals surface area contributed by atoms with Crippen LogP contribution in [-0.4, -0.2) is 15.9 Å². The highest BCUT2D eigenvalue weighted by Crippen LogP contribution is 2.26. The average molecular weight is 353 g/mol. The highest BCUT2D eigenvalue weighted by Gasteiger charge is 2.15. The summed E-state index contributed by atoms with van der Waals surface area (Å²) in [7, 11) is 0. The molecule has 132 valence electrons. The van der Waals surface area contributed by atoms with Gasteiger partial charge in [-0.1, -0.05) is 35.9 Å². The van der Waals surface area contributed by atoms with Gasteiger partial charge in [0.05, 0.1) is 16.8 Å². The van der Waals surface area contributed by atoms with Crippen molar-refractivity contribution in [2.45, 2.75) is 13.8 Å². The third kappa shape index (κ3) is 3.42. The topological polar surface area (TPSA) is 54.9 Å². The summed E-state index contributed by atoms with van der Waals surface area (Å²) in [4.78, 5) is 21.9. The summed E-state index contributed by atoms with van der Waals surface area (Å²) in [5.41, 5.74) is 6.09. The summed E-state index contributed by atoms with van der Waals surface area (Å²) < 4.78 is 0. The Hall–Kier alpha value is -3.53. The predicted octanol–water partition coefficient (Wildman–Crippen LogP) is 5.17. The molecule has 4 aromatic rings. The maximum atomic E-state index is 13.1. The van der Waals surface area contributed by atoms with E-state index in [0.29, 0.717) is 5.56 Å². The zero-order chi connectivity index (χ0) is 18.8. The van der Waals surface area contributed by atoms with Gasteiger partial charge in [-0.3, -0.25) is 9.78 Å². The monoisotopic (exact) mass is 353 g/mol. The molecule has 2 aromatic carbocycles. The molecule has 0 unspecified atom stereocenters. The van der Waals surface area contributed by atoms with Crippen molar-refractivity contribution in [3.63, 3.8) is 0 Å². The quantitative estimate of drug-likeness (QED) is 0.553. The minimum atomic E-state index is -0.143. The van der Waals surface area contributed by atoms with Crippen LogP contribution in [-0.2, 0) is 0 Å². The molecule has 1 amide bonds. The molecule has 0 radical (unpaired) electrons. The third-order valence-corrected chi connectivity index (χ3v) is 4.57. The zero-order valence-electron chi connectivity index (χ0n) is 15.2. The number of para-hydroxylation sites is 1. The SMILES string of the molecule is Cc1ccc(NC(=O)c2cc(-c3ccncc3)nc3ccccc23)c(C)c1. The number of carbonyl (C=O) groups excluding carboxylic acids is 1. The van der Waals surface area contributed by atoms with Crippen LogP contribution in [0.4, 0.5) is 5.69 Å². The molecule has 0 aliphatic heterocycles. The van der Waals surface area contributed by atoms with Crippen molar-refractivity contribution in [1.82, 2.24) is 9.97 Å². The summed E-state index contributed by atoms with van der Waals surface area (Å²) in [6.07, 6.45) is 3.45. The van der Waals surface area contributed by atoms with E-state index < -0.39 is 0 Å². The van der Waals surface area contributed by atoms with Gasteiger partial charge >= 0.3 is 0 Å². The van der Waals surface area contributed by atoms with Gasteiger partial charge in [0, 0.05) is 29.0 Å². The van der Waals surface area contributed by atoms with E-state index in [1.165, 1.54) is 5.56 Å². The first kappa shape index (κ1) is 16.9. The molecule has 0 saturated heterocycles. The van der Waals surface area contributed by atoms with Crippen LogP contribution in [0.5, 0.6) is 0 Å². The standard InChI is InChI=1S/C23H19N3O/c1-15-7-8-20(16(2)13-15)26-23(27)19-14-22(17-9-11-24-12-10-17)25-21-6-4-3-5-18(19)21/h3-14H,1-2H3,(H,26,27). The number of aryl methyl sites for hydroxylation is 2. The molecular formula is C23H19N3O. The molecule has 4 heteroatoms. The summed E-state index contributed by atoms with van der Waals surface area (Å²) >= 11 is 0. The van der Waals surface area contributed by atoms with Gasteiger partial charge in [0.1, 0.15) is 0 Å². The van der Waals surface area contributed by atoms with Gasteiger partial charge in [-0.25, -0.2) is 4.98 Å². The first-order chi connectivity index (χ1) is 13.1. The Morgan fingerprint density at radius 2 is 1.70 bits per heavy atom. The number of amides is 1. The van der Waals surface area contributed by atoms with Crippen LogP contribution in [0.2, 0.25) is 0 Å². The van der Waals surface area contributed by atoms with Crippen molar-refractivity contribution in [3.05, 3.63) is 89.7 Å². The number of benzene rings is 2. The predicted molar refractivity (Wildman–Crippen MR) is 109 cm³/mol. The lowest BCUT2D eigenvalue weighted by atomic mass is 10.0. The van der Waals surface area contributed by atoms with Crippen LogP contribution in [0, 0.1) is 13.8 Å². The highest BCUT2D eigenvalue weighted by molar-refractivity contribution is 6.13. The number of nitrogens with zero attached hydrogens (tertiary/aromatic N) is 2. The fourth-order valence-electron chi connectivity index (χ4n) is 3.18. The number of pyridine rings is 2. The molecule has 0 atom stereocenters. The number of hydrogen-bond acceptors (Lipinski definition) is 3. The Balaban J connectivity index is 1.81. The first-order valence-corrected chi connectivity index (χ1v) is 8.80. The molecule has 0 saturated carbocycles. The maximum Gasteiger partial charge on any atom is 0.256 e. The van der Waals surface area contributed by atoms with Crippen LogP contribution in [0.25, 0.3) is 22.2 Å². The number of rotatable bonds is 3. The van der Waals surface area contributed by atoms with Crippen molar-refractivity contribution in [1.29, 1.82) is 0 Å². The molecule has 4 nitrogen and oxygen atoms in total. The largest absolute Gasteiger partial charge is 0.322 e. The van der Waals surface area contributed by atoms with Crippen molar-refractivity contribution >= 4 is 22.5 Å².